The van der Waals surface area contributed by atoms with Crippen LogP contribution in [0.2, 0.25) is 0 Å². The van der Waals surface area contributed by atoms with Gasteiger partial charge in [0, 0.05) is 15.5 Å². The first-order valence-electron chi connectivity index (χ1n) is 3.28. The van der Waals surface area contributed by atoms with Gasteiger partial charge in [0.05, 0.1) is 4.90 Å². The maximum absolute atomic E-state index is 13.0. The van der Waals surface area contributed by atoms with Gasteiger partial charge in [-0.25, -0.2) is 4.39 Å². The number of benzene rings is 1. The van der Waals surface area contributed by atoms with E-state index in [4.69, 9.17) is 0 Å². The van der Waals surface area contributed by atoms with Crippen molar-refractivity contribution >= 4 is 34.1 Å². The first-order chi connectivity index (χ1) is 5.70. The molecule has 1 aromatic heterocycles. The quantitative estimate of drug-likeness (QED) is 0.626. The van der Waals surface area contributed by atoms with Crippen LogP contribution in [-0.2, 0) is 0 Å². The molecular weight excluding hydrogens is 195 g/mol. The third-order valence-corrected chi connectivity index (χ3v) is 3.02. The second-order valence-electron chi connectivity index (χ2n) is 2.39. The van der Waals surface area contributed by atoms with Crippen LogP contribution in [0.5, 0.6) is 5.75 Å². The smallest absolute Gasteiger partial charge is 0.142 e. The molecule has 0 atom stereocenters. The number of fused-ring (bicyclic) bond motifs is 1. The molecule has 12 heavy (non-hydrogen) atoms. The van der Waals surface area contributed by atoms with Crippen molar-refractivity contribution in [1.29, 1.82) is 0 Å². The van der Waals surface area contributed by atoms with Crippen LogP contribution in [0.15, 0.2) is 22.4 Å². The van der Waals surface area contributed by atoms with Gasteiger partial charge in [0.1, 0.15) is 11.6 Å². The van der Waals surface area contributed by atoms with Gasteiger partial charge in [-0.1, -0.05) is 0 Å². The number of thiophene rings is 1. The molecule has 4 heteroatoms. The fourth-order valence-electron chi connectivity index (χ4n) is 1.06. The Morgan fingerprint density at radius 3 is 2.92 bits per heavy atom. The molecule has 1 N–H and O–H groups in total. The third-order valence-electron chi connectivity index (χ3n) is 1.65. The van der Waals surface area contributed by atoms with Crippen molar-refractivity contribution in [3.63, 3.8) is 0 Å². The van der Waals surface area contributed by atoms with Crippen LogP contribution < -0.4 is 0 Å². The maximum Gasteiger partial charge on any atom is 0.142 e. The predicted molar refractivity (Wildman–Crippen MR) is 50.7 cm³/mol. The van der Waals surface area contributed by atoms with Gasteiger partial charge in [-0.2, -0.15) is 0 Å². The second kappa shape index (κ2) is 2.64. The molecule has 0 radical (unpaired) electrons. The van der Waals surface area contributed by atoms with Crippen molar-refractivity contribution < 1.29 is 9.50 Å². The predicted octanol–water partition coefficient (Wildman–Crippen LogP) is 3.03. The van der Waals surface area contributed by atoms with Gasteiger partial charge in [-0.15, -0.1) is 24.0 Å². The Labute approximate surface area is 77.9 Å². The standard InChI is InChI=1S/C8H5FOS2/c9-4-3-12-6-2-1-5(10)8(11)7(4)6/h1-3,10-11H. The highest BCUT2D eigenvalue weighted by Gasteiger charge is 2.09. The highest BCUT2D eigenvalue weighted by Crippen LogP contribution is 2.35. The molecule has 62 valence electrons. The molecule has 0 bridgehead atoms. The van der Waals surface area contributed by atoms with E-state index in [2.05, 4.69) is 12.6 Å². The van der Waals surface area contributed by atoms with Crippen molar-refractivity contribution in [1.82, 2.24) is 0 Å². The highest BCUT2D eigenvalue weighted by molar-refractivity contribution is 7.80. The summed E-state index contributed by atoms with van der Waals surface area (Å²) in [4.78, 5) is 0.311. The Balaban J connectivity index is 2.96. The Morgan fingerprint density at radius 2 is 2.17 bits per heavy atom. The summed E-state index contributed by atoms with van der Waals surface area (Å²) in [6.07, 6.45) is 0. The average Bonchev–Trinajstić information content (AvgIpc) is 2.41. The Kier molecular flexibility index (Phi) is 1.73. The van der Waals surface area contributed by atoms with Crippen molar-refractivity contribution in [2.75, 3.05) is 0 Å². The molecule has 0 saturated carbocycles. The van der Waals surface area contributed by atoms with Gasteiger partial charge < -0.3 is 5.11 Å². The molecule has 0 saturated heterocycles. The summed E-state index contributed by atoms with van der Waals surface area (Å²) in [5, 5.41) is 11.0. The number of aromatic hydroxyl groups is 1. The fraction of sp³-hybridized carbons (Fsp3) is 0. The van der Waals surface area contributed by atoms with Crippen LogP contribution in [0, 0.1) is 5.82 Å². The van der Waals surface area contributed by atoms with Crippen molar-refractivity contribution in [2.45, 2.75) is 4.90 Å². The highest BCUT2D eigenvalue weighted by atomic mass is 32.1. The van der Waals surface area contributed by atoms with Gasteiger partial charge >= 0.3 is 0 Å². The summed E-state index contributed by atoms with van der Waals surface area (Å²) in [5.74, 6) is -0.306. The average molecular weight is 200 g/mol. The fourth-order valence-corrected chi connectivity index (χ4v) is 2.25. The van der Waals surface area contributed by atoms with E-state index in [1.54, 1.807) is 6.07 Å². The summed E-state index contributed by atoms with van der Waals surface area (Å²) in [7, 11) is 0. The molecule has 1 aromatic carbocycles. The molecule has 2 rings (SSSR count). The van der Waals surface area contributed by atoms with E-state index in [1.165, 1.54) is 22.8 Å². The lowest BCUT2D eigenvalue weighted by Gasteiger charge is -1.97. The number of hydrogen-bond acceptors (Lipinski definition) is 3. The van der Waals surface area contributed by atoms with Gasteiger partial charge in [-0.05, 0) is 12.1 Å². The summed E-state index contributed by atoms with van der Waals surface area (Å²) in [5.41, 5.74) is 0. The summed E-state index contributed by atoms with van der Waals surface area (Å²) >= 11 is 5.32. The topological polar surface area (TPSA) is 20.2 Å². The minimum atomic E-state index is -0.323. The number of halogens is 1. The lowest BCUT2D eigenvalue weighted by atomic mass is 10.2. The number of phenols is 1. The number of rotatable bonds is 0. The third kappa shape index (κ3) is 0.990. The van der Waals surface area contributed by atoms with Crippen molar-refractivity contribution in [3.05, 3.63) is 23.3 Å². The molecule has 0 spiro atoms. The first-order valence-corrected chi connectivity index (χ1v) is 4.60. The van der Waals surface area contributed by atoms with E-state index < -0.39 is 0 Å². The van der Waals surface area contributed by atoms with E-state index in [-0.39, 0.29) is 11.6 Å². The molecular formula is C8H5FOS2. The molecule has 0 aliphatic rings. The van der Waals surface area contributed by atoms with Crippen LogP contribution in [0.25, 0.3) is 10.1 Å². The van der Waals surface area contributed by atoms with Crippen LogP contribution >= 0.6 is 24.0 Å². The molecule has 2 aromatic rings. The Morgan fingerprint density at radius 1 is 1.42 bits per heavy atom. The normalized spacial score (nSPS) is 10.8. The van der Waals surface area contributed by atoms with E-state index in [0.29, 0.717) is 10.3 Å². The van der Waals surface area contributed by atoms with Crippen LogP contribution in [0.1, 0.15) is 0 Å². The Bertz CT molecular complexity index is 436. The zero-order valence-corrected chi connectivity index (χ0v) is 7.62. The lowest BCUT2D eigenvalue weighted by Crippen LogP contribution is -1.73. The number of hydrogen-bond donors (Lipinski definition) is 2. The zero-order chi connectivity index (χ0) is 8.72. The minimum absolute atomic E-state index is 0.0168. The SMILES string of the molecule is Oc1ccc2scc(F)c2c1S. The van der Waals surface area contributed by atoms with E-state index in [9.17, 15) is 9.50 Å². The molecule has 0 aliphatic heterocycles. The van der Waals surface area contributed by atoms with Crippen LogP contribution in [0.3, 0.4) is 0 Å². The van der Waals surface area contributed by atoms with E-state index in [0.717, 1.165) is 4.70 Å². The minimum Gasteiger partial charge on any atom is -0.507 e. The molecule has 0 amide bonds. The number of phenolic OH excluding ortho intramolecular Hbond substituents is 1. The van der Waals surface area contributed by atoms with Crippen molar-refractivity contribution in [2.24, 2.45) is 0 Å². The molecule has 0 unspecified atom stereocenters. The van der Waals surface area contributed by atoms with Crippen LogP contribution in [0.4, 0.5) is 4.39 Å². The monoisotopic (exact) mass is 200 g/mol. The van der Waals surface area contributed by atoms with Gasteiger partial charge in [0.25, 0.3) is 0 Å². The van der Waals surface area contributed by atoms with Crippen molar-refractivity contribution in [3.8, 4) is 5.75 Å². The summed E-state index contributed by atoms with van der Waals surface area (Å²) in [6.45, 7) is 0. The summed E-state index contributed by atoms with van der Waals surface area (Å²) in [6, 6.07) is 3.19. The first kappa shape index (κ1) is 7.89. The van der Waals surface area contributed by atoms with E-state index >= 15 is 0 Å². The van der Waals surface area contributed by atoms with E-state index in [1.807, 2.05) is 0 Å². The van der Waals surface area contributed by atoms with Gasteiger partial charge in [-0.3, -0.25) is 0 Å². The summed E-state index contributed by atoms with van der Waals surface area (Å²) < 4.78 is 13.8. The molecule has 0 aliphatic carbocycles. The van der Waals surface area contributed by atoms with Crippen LogP contribution in [-0.4, -0.2) is 5.11 Å². The zero-order valence-electron chi connectivity index (χ0n) is 5.91. The molecule has 1 heterocycles. The van der Waals surface area contributed by atoms with Gasteiger partial charge in [0.15, 0.2) is 0 Å². The molecule has 1 nitrogen and oxygen atoms in total. The van der Waals surface area contributed by atoms with Gasteiger partial charge in [0.2, 0.25) is 0 Å². The lowest BCUT2D eigenvalue weighted by molar-refractivity contribution is 0.464. The molecule has 0 fully saturated rings. The largest absolute Gasteiger partial charge is 0.507 e. The Hall–Kier alpha value is -0.740. The maximum atomic E-state index is 13.0. The second-order valence-corrected chi connectivity index (χ2v) is 3.75. The number of thiol groups is 1.